The van der Waals surface area contributed by atoms with Crippen LogP contribution in [0.4, 0.5) is 18.9 Å². The lowest BCUT2D eigenvalue weighted by atomic mass is 10.1. The Kier molecular flexibility index (Phi) is 5.30. The highest BCUT2D eigenvalue weighted by molar-refractivity contribution is 6.02. The van der Waals surface area contributed by atoms with Gasteiger partial charge in [-0.05, 0) is 24.3 Å². The van der Waals surface area contributed by atoms with Gasteiger partial charge in [0.25, 0.3) is 5.91 Å². The maximum Gasteiger partial charge on any atom is 0.416 e. The van der Waals surface area contributed by atoms with Crippen molar-refractivity contribution in [1.82, 2.24) is 0 Å². The van der Waals surface area contributed by atoms with Crippen LogP contribution in [-0.2, 0) is 6.18 Å². The topological polar surface area (TPSA) is 60.7 Å². The van der Waals surface area contributed by atoms with Crippen LogP contribution in [0.3, 0.4) is 0 Å². The third-order valence-corrected chi connectivity index (χ3v) is 3.91. The largest absolute Gasteiger partial charge is 0.497 e. The Morgan fingerprint density at radius 3 is 2.25 bits per heavy atom. The maximum absolute atomic E-state index is 12.9. The second-order valence-corrected chi connectivity index (χ2v) is 5.80. The average molecular weight is 391 g/mol. The van der Waals surface area contributed by atoms with Crippen molar-refractivity contribution in [1.29, 1.82) is 0 Å². The molecule has 0 aliphatic carbocycles. The van der Waals surface area contributed by atoms with Gasteiger partial charge in [-0.1, -0.05) is 12.1 Å². The fourth-order valence-corrected chi connectivity index (χ4v) is 2.54. The molecule has 0 spiro atoms. The van der Waals surface area contributed by atoms with Crippen molar-refractivity contribution in [2.24, 2.45) is 0 Å². The first-order chi connectivity index (χ1) is 13.3. The van der Waals surface area contributed by atoms with E-state index in [4.69, 9.17) is 13.9 Å². The van der Waals surface area contributed by atoms with Crippen molar-refractivity contribution in [2.75, 3.05) is 19.5 Å². The molecule has 0 aliphatic heterocycles. The summed E-state index contributed by atoms with van der Waals surface area (Å²) in [6.07, 6.45) is -4.46. The zero-order valence-electron chi connectivity index (χ0n) is 15.0. The summed E-state index contributed by atoms with van der Waals surface area (Å²) in [7, 11) is 2.96. The van der Waals surface area contributed by atoms with E-state index in [1.165, 1.54) is 38.5 Å². The summed E-state index contributed by atoms with van der Waals surface area (Å²) in [5, 5.41) is 2.64. The molecule has 1 amide bonds. The smallest absolute Gasteiger partial charge is 0.416 e. The lowest BCUT2D eigenvalue weighted by Crippen LogP contribution is -2.11. The molecule has 2 aromatic carbocycles. The average Bonchev–Trinajstić information content (AvgIpc) is 3.17. The van der Waals surface area contributed by atoms with Gasteiger partial charge >= 0.3 is 6.18 Å². The molecule has 0 aliphatic rings. The summed E-state index contributed by atoms with van der Waals surface area (Å²) in [6, 6.07) is 12.4. The minimum Gasteiger partial charge on any atom is -0.497 e. The van der Waals surface area contributed by atoms with Crippen LogP contribution in [-0.4, -0.2) is 20.1 Å². The van der Waals surface area contributed by atoms with Gasteiger partial charge in [-0.25, -0.2) is 0 Å². The number of carbonyl (C=O) groups excluding carboxylic acids is 1. The van der Waals surface area contributed by atoms with E-state index in [1.807, 2.05) is 0 Å². The van der Waals surface area contributed by atoms with Crippen molar-refractivity contribution >= 4 is 11.6 Å². The molecular weight excluding hydrogens is 375 g/mol. The quantitative estimate of drug-likeness (QED) is 0.647. The van der Waals surface area contributed by atoms with Gasteiger partial charge in [0.2, 0.25) is 0 Å². The van der Waals surface area contributed by atoms with Crippen molar-refractivity contribution in [3.05, 3.63) is 65.9 Å². The summed E-state index contributed by atoms with van der Waals surface area (Å²) in [6.45, 7) is 0. The molecule has 3 rings (SSSR count). The van der Waals surface area contributed by atoms with E-state index < -0.39 is 17.6 Å². The Morgan fingerprint density at radius 1 is 0.964 bits per heavy atom. The van der Waals surface area contributed by atoms with Gasteiger partial charge in [-0.15, -0.1) is 0 Å². The zero-order valence-corrected chi connectivity index (χ0v) is 15.0. The lowest BCUT2D eigenvalue weighted by Gasteiger charge is -2.09. The van der Waals surface area contributed by atoms with E-state index in [-0.39, 0.29) is 17.1 Å². The molecule has 0 bridgehead atoms. The highest BCUT2D eigenvalue weighted by atomic mass is 19.4. The number of nitrogens with one attached hydrogen (secondary N) is 1. The van der Waals surface area contributed by atoms with Crippen LogP contribution in [0.5, 0.6) is 11.5 Å². The molecule has 0 unspecified atom stereocenters. The molecule has 1 aromatic heterocycles. The monoisotopic (exact) mass is 391 g/mol. The van der Waals surface area contributed by atoms with Gasteiger partial charge in [0.05, 0.1) is 19.8 Å². The Bertz CT molecular complexity index is 973. The third kappa shape index (κ3) is 4.28. The number of hydrogen-bond acceptors (Lipinski definition) is 4. The fourth-order valence-electron chi connectivity index (χ4n) is 2.54. The lowest BCUT2D eigenvalue weighted by molar-refractivity contribution is -0.137. The van der Waals surface area contributed by atoms with Crippen molar-refractivity contribution in [3.63, 3.8) is 0 Å². The number of furan rings is 1. The molecule has 3 aromatic rings. The number of ether oxygens (including phenoxy) is 2. The molecule has 0 saturated heterocycles. The predicted octanol–water partition coefficient (Wildman–Crippen LogP) is 5.23. The van der Waals surface area contributed by atoms with Gasteiger partial charge in [0.15, 0.2) is 5.76 Å². The van der Waals surface area contributed by atoms with E-state index in [9.17, 15) is 18.0 Å². The summed E-state index contributed by atoms with van der Waals surface area (Å²) >= 11 is 0. The Balaban J connectivity index is 1.82. The number of carbonyl (C=O) groups is 1. The van der Waals surface area contributed by atoms with Crippen LogP contribution < -0.4 is 14.8 Å². The van der Waals surface area contributed by atoms with Gasteiger partial charge in [0, 0.05) is 29.4 Å². The maximum atomic E-state index is 12.9. The van der Waals surface area contributed by atoms with E-state index in [1.54, 1.807) is 18.2 Å². The van der Waals surface area contributed by atoms with Crippen LogP contribution in [0.1, 0.15) is 16.1 Å². The SMILES string of the molecule is COc1cc(NC(=O)c2ccc(-c3cccc(C(F)(F)F)c3)o2)cc(OC)c1. The Labute approximate surface area is 158 Å². The van der Waals surface area contributed by atoms with Crippen LogP contribution in [0.25, 0.3) is 11.3 Å². The van der Waals surface area contributed by atoms with Gasteiger partial charge in [0.1, 0.15) is 17.3 Å². The molecule has 1 N–H and O–H groups in total. The number of hydrogen-bond donors (Lipinski definition) is 1. The minimum atomic E-state index is -4.46. The Morgan fingerprint density at radius 2 is 1.64 bits per heavy atom. The first-order valence-electron chi connectivity index (χ1n) is 8.12. The highest BCUT2D eigenvalue weighted by Gasteiger charge is 2.30. The fraction of sp³-hybridized carbons (Fsp3) is 0.150. The molecule has 146 valence electrons. The summed E-state index contributed by atoms with van der Waals surface area (Å²) < 4.78 is 54.3. The van der Waals surface area contributed by atoms with E-state index >= 15 is 0 Å². The Hall–Kier alpha value is -3.42. The summed E-state index contributed by atoms with van der Waals surface area (Å²) in [5.74, 6) is 0.514. The molecule has 28 heavy (non-hydrogen) atoms. The number of anilines is 1. The van der Waals surface area contributed by atoms with Crippen molar-refractivity contribution < 1.29 is 31.9 Å². The number of benzene rings is 2. The van der Waals surface area contributed by atoms with Gasteiger partial charge in [-0.3, -0.25) is 4.79 Å². The number of halogens is 3. The summed E-state index contributed by atoms with van der Waals surface area (Å²) in [4.78, 5) is 12.4. The minimum absolute atomic E-state index is 0.0470. The van der Waals surface area contributed by atoms with Crippen LogP contribution >= 0.6 is 0 Å². The molecule has 5 nitrogen and oxygen atoms in total. The third-order valence-electron chi connectivity index (χ3n) is 3.91. The second-order valence-electron chi connectivity index (χ2n) is 5.80. The molecule has 0 radical (unpaired) electrons. The van der Waals surface area contributed by atoms with Gasteiger partial charge in [-0.2, -0.15) is 13.2 Å². The number of rotatable bonds is 5. The highest BCUT2D eigenvalue weighted by Crippen LogP contribution is 2.33. The predicted molar refractivity (Wildman–Crippen MR) is 96.6 cm³/mol. The van der Waals surface area contributed by atoms with Crippen molar-refractivity contribution in [3.8, 4) is 22.8 Å². The first kappa shape index (κ1) is 19.3. The van der Waals surface area contributed by atoms with Crippen LogP contribution in [0.15, 0.2) is 59.0 Å². The molecule has 8 heteroatoms. The van der Waals surface area contributed by atoms with Crippen LogP contribution in [0, 0.1) is 0 Å². The first-order valence-corrected chi connectivity index (χ1v) is 8.12. The molecule has 0 fully saturated rings. The second kappa shape index (κ2) is 7.67. The number of amides is 1. The normalized spacial score (nSPS) is 11.2. The molecular formula is C20H16F3NO4. The number of alkyl halides is 3. The van der Waals surface area contributed by atoms with Crippen molar-refractivity contribution in [2.45, 2.75) is 6.18 Å². The molecule has 1 heterocycles. The molecule has 0 saturated carbocycles. The number of methoxy groups -OCH3 is 2. The van der Waals surface area contributed by atoms with Gasteiger partial charge < -0.3 is 19.2 Å². The molecule has 0 atom stereocenters. The summed E-state index contributed by atoms with van der Waals surface area (Å²) in [5.41, 5.74) is -0.161. The zero-order chi connectivity index (χ0) is 20.3. The standard InChI is InChI=1S/C20H16F3NO4/c1-26-15-9-14(10-16(11-15)27-2)24-19(25)18-7-6-17(28-18)12-4-3-5-13(8-12)20(21,22)23/h3-11H,1-2H3,(H,24,25). The van der Waals surface area contributed by atoms with E-state index in [0.29, 0.717) is 17.2 Å². The van der Waals surface area contributed by atoms with Crippen LogP contribution in [0.2, 0.25) is 0 Å². The van der Waals surface area contributed by atoms with E-state index in [2.05, 4.69) is 5.32 Å². The van der Waals surface area contributed by atoms with E-state index in [0.717, 1.165) is 12.1 Å².